The zero-order valence-corrected chi connectivity index (χ0v) is 11.7. The van der Waals surface area contributed by atoms with E-state index in [2.05, 4.69) is 15.2 Å². The number of fused-ring (bicyclic) bond motifs is 1. The second kappa shape index (κ2) is 5.32. The van der Waals surface area contributed by atoms with Crippen molar-refractivity contribution in [3.05, 3.63) is 42.2 Å². The molecule has 2 heterocycles. The van der Waals surface area contributed by atoms with Gasteiger partial charge in [0, 0.05) is 31.2 Å². The van der Waals surface area contributed by atoms with Crippen LogP contribution in [0.4, 0.5) is 17.1 Å². The van der Waals surface area contributed by atoms with E-state index in [-0.39, 0.29) is 0 Å². The van der Waals surface area contributed by atoms with Gasteiger partial charge in [-0.3, -0.25) is 9.78 Å². The Morgan fingerprint density at radius 1 is 1.43 bits per heavy atom. The van der Waals surface area contributed by atoms with E-state index in [1.54, 1.807) is 12.3 Å². The highest BCUT2D eigenvalue weighted by Crippen LogP contribution is 2.34. The van der Waals surface area contributed by atoms with Crippen molar-refractivity contribution < 1.29 is 9.53 Å². The summed E-state index contributed by atoms with van der Waals surface area (Å²) in [5, 5.41) is 3.18. The molecule has 0 spiro atoms. The largest absolute Gasteiger partial charge is 0.489 e. The van der Waals surface area contributed by atoms with Crippen LogP contribution in [0.2, 0.25) is 0 Å². The van der Waals surface area contributed by atoms with E-state index in [9.17, 15) is 4.79 Å². The first-order chi connectivity index (χ1) is 10.1. The number of pyridine rings is 1. The first-order valence-corrected chi connectivity index (χ1v) is 6.64. The number of hydrogen-bond acceptors (Lipinski definition) is 5. The molecule has 6 heteroatoms. The number of benzene rings is 1. The van der Waals surface area contributed by atoms with Crippen molar-refractivity contribution in [1.29, 1.82) is 0 Å². The van der Waals surface area contributed by atoms with Gasteiger partial charge in [-0.05, 0) is 18.2 Å². The fourth-order valence-corrected chi connectivity index (χ4v) is 2.29. The van der Waals surface area contributed by atoms with Crippen LogP contribution in [0.3, 0.4) is 0 Å². The highest BCUT2D eigenvalue weighted by atomic mass is 16.5. The Balaban J connectivity index is 1.91. The standard InChI is InChI=1S/C15H16N4O2/c1-19-6-7-21-14-8-10(2-3-13(14)19)18-12-4-5-17-9-11(12)15(16)20/h2-5,8-9H,6-7H2,1H3,(H2,16,20)(H,17,18). The number of nitrogens with one attached hydrogen (secondary N) is 1. The Labute approximate surface area is 122 Å². The molecule has 1 aliphatic heterocycles. The summed E-state index contributed by atoms with van der Waals surface area (Å²) in [6.45, 7) is 1.53. The molecule has 2 aromatic rings. The lowest BCUT2D eigenvalue weighted by Gasteiger charge is -2.28. The number of nitrogens with two attached hydrogens (primary N) is 1. The second-order valence-corrected chi connectivity index (χ2v) is 4.86. The minimum absolute atomic E-state index is 0.355. The minimum Gasteiger partial charge on any atom is -0.489 e. The van der Waals surface area contributed by atoms with Crippen molar-refractivity contribution in [2.24, 2.45) is 5.73 Å². The molecule has 0 radical (unpaired) electrons. The van der Waals surface area contributed by atoms with Gasteiger partial charge in [-0.1, -0.05) is 0 Å². The van der Waals surface area contributed by atoms with Gasteiger partial charge in [-0.25, -0.2) is 0 Å². The molecule has 6 nitrogen and oxygen atoms in total. The predicted octanol–water partition coefficient (Wildman–Crippen LogP) is 1.75. The summed E-state index contributed by atoms with van der Waals surface area (Å²) in [5.41, 5.74) is 8.21. The fourth-order valence-electron chi connectivity index (χ4n) is 2.29. The van der Waals surface area contributed by atoms with Crippen LogP contribution >= 0.6 is 0 Å². The smallest absolute Gasteiger partial charge is 0.252 e. The zero-order chi connectivity index (χ0) is 14.8. The van der Waals surface area contributed by atoms with Gasteiger partial charge in [0.2, 0.25) is 0 Å². The predicted molar refractivity (Wildman–Crippen MR) is 81.2 cm³/mol. The van der Waals surface area contributed by atoms with Crippen molar-refractivity contribution in [3.63, 3.8) is 0 Å². The van der Waals surface area contributed by atoms with Crippen molar-refractivity contribution in [2.45, 2.75) is 0 Å². The molecule has 21 heavy (non-hydrogen) atoms. The van der Waals surface area contributed by atoms with Crippen molar-refractivity contribution in [1.82, 2.24) is 4.98 Å². The Morgan fingerprint density at radius 3 is 3.10 bits per heavy atom. The number of hydrogen-bond donors (Lipinski definition) is 2. The van der Waals surface area contributed by atoms with Crippen LogP contribution in [0.25, 0.3) is 0 Å². The van der Waals surface area contributed by atoms with E-state index >= 15 is 0 Å². The molecular weight excluding hydrogens is 268 g/mol. The Morgan fingerprint density at radius 2 is 2.29 bits per heavy atom. The number of primary amides is 1. The number of nitrogens with zero attached hydrogens (tertiary/aromatic N) is 2. The molecular formula is C15H16N4O2. The third kappa shape index (κ3) is 2.60. The monoisotopic (exact) mass is 284 g/mol. The summed E-state index contributed by atoms with van der Waals surface area (Å²) in [5.74, 6) is 0.308. The molecule has 3 N–H and O–H groups in total. The number of carbonyl (C=O) groups excluding carboxylic acids is 1. The summed E-state index contributed by atoms with van der Waals surface area (Å²) in [4.78, 5) is 17.5. The van der Waals surface area contributed by atoms with Crippen molar-refractivity contribution >= 4 is 23.0 Å². The van der Waals surface area contributed by atoms with Gasteiger partial charge in [-0.15, -0.1) is 0 Å². The molecule has 1 aromatic carbocycles. The van der Waals surface area contributed by atoms with Crippen molar-refractivity contribution in [3.8, 4) is 5.75 Å². The normalized spacial score (nSPS) is 13.3. The maximum atomic E-state index is 11.4. The van der Waals surface area contributed by atoms with Gasteiger partial charge in [0.05, 0.1) is 23.5 Å². The van der Waals surface area contributed by atoms with Gasteiger partial charge >= 0.3 is 0 Å². The molecule has 0 saturated carbocycles. The molecule has 1 aliphatic rings. The van der Waals surface area contributed by atoms with E-state index in [0.717, 1.165) is 23.7 Å². The molecule has 0 aliphatic carbocycles. The first-order valence-electron chi connectivity index (χ1n) is 6.64. The Hall–Kier alpha value is -2.76. The molecule has 0 fully saturated rings. The maximum Gasteiger partial charge on any atom is 0.252 e. The fraction of sp³-hybridized carbons (Fsp3) is 0.200. The number of likely N-dealkylation sites (N-methyl/N-ethyl adjacent to an activating group) is 1. The molecule has 1 aromatic heterocycles. The Bertz CT molecular complexity index is 687. The quantitative estimate of drug-likeness (QED) is 0.897. The number of carbonyl (C=O) groups is 1. The average Bonchev–Trinajstić information content (AvgIpc) is 2.48. The SMILES string of the molecule is CN1CCOc2cc(Nc3ccncc3C(N)=O)ccc21. The highest BCUT2D eigenvalue weighted by molar-refractivity contribution is 5.98. The lowest BCUT2D eigenvalue weighted by atomic mass is 10.2. The summed E-state index contributed by atoms with van der Waals surface area (Å²) < 4.78 is 5.66. The molecule has 0 atom stereocenters. The van der Waals surface area contributed by atoms with Crippen LogP contribution in [-0.2, 0) is 0 Å². The lowest BCUT2D eigenvalue weighted by molar-refractivity contribution is 0.100. The average molecular weight is 284 g/mol. The number of aromatic nitrogens is 1. The maximum absolute atomic E-state index is 11.4. The number of rotatable bonds is 3. The third-order valence-electron chi connectivity index (χ3n) is 3.42. The molecule has 3 rings (SSSR count). The van der Waals surface area contributed by atoms with E-state index in [1.165, 1.54) is 6.20 Å². The van der Waals surface area contributed by atoms with Crippen LogP contribution in [0.1, 0.15) is 10.4 Å². The third-order valence-corrected chi connectivity index (χ3v) is 3.42. The van der Waals surface area contributed by atoms with Gasteiger partial charge in [0.1, 0.15) is 12.4 Å². The lowest BCUT2D eigenvalue weighted by Crippen LogP contribution is -2.28. The molecule has 0 unspecified atom stereocenters. The number of anilines is 3. The summed E-state index contributed by atoms with van der Waals surface area (Å²) in [7, 11) is 2.03. The molecule has 0 saturated heterocycles. The van der Waals surface area contributed by atoms with E-state index < -0.39 is 5.91 Å². The molecule has 0 bridgehead atoms. The summed E-state index contributed by atoms with van der Waals surface area (Å²) in [6, 6.07) is 7.56. The molecule has 108 valence electrons. The number of ether oxygens (including phenoxy) is 1. The Kier molecular flexibility index (Phi) is 3.35. The topological polar surface area (TPSA) is 80.5 Å². The van der Waals surface area contributed by atoms with Crippen LogP contribution in [0.5, 0.6) is 5.75 Å². The van der Waals surface area contributed by atoms with Gasteiger partial charge < -0.3 is 20.7 Å². The highest BCUT2D eigenvalue weighted by Gasteiger charge is 2.15. The van der Waals surface area contributed by atoms with E-state index in [0.29, 0.717) is 17.9 Å². The van der Waals surface area contributed by atoms with Gasteiger partial charge in [0.15, 0.2) is 0 Å². The van der Waals surface area contributed by atoms with Crippen LogP contribution in [0.15, 0.2) is 36.7 Å². The summed E-state index contributed by atoms with van der Waals surface area (Å²) >= 11 is 0. The number of amides is 1. The van der Waals surface area contributed by atoms with E-state index in [4.69, 9.17) is 10.5 Å². The zero-order valence-electron chi connectivity index (χ0n) is 11.7. The minimum atomic E-state index is -0.514. The summed E-state index contributed by atoms with van der Waals surface area (Å²) in [6.07, 6.45) is 3.06. The van der Waals surface area contributed by atoms with Gasteiger partial charge in [-0.2, -0.15) is 0 Å². The van der Waals surface area contributed by atoms with Crippen LogP contribution in [-0.4, -0.2) is 31.1 Å². The van der Waals surface area contributed by atoms with Crippen LogP contribution in [0, 0.1) is 0 Å². The first kappa shape index (κ1) is 13.2. The van der Waals surface area contributed by atoms with E-state index in [1.807, 2.05) is 25.2 Å². The van der Waals surface area contributed by atoms with Gasteiger partial charge in [0.25, 0.3) is 5.91 Å². The van der Waals surface area contributed by atoms with Crippen LogP contribution < -0.4 is 20.7 Å². The second-order valence-electron chi connectivity index (χ2n) is 4.86. The molecule has 1 amide bonds. The van der Waals surface area contributed by atoms with Crippen molar-refractivity contribution in [2.75, 3.05) is 30.4 Å².